The molecular formula is C10H10O5. The van der Waals surface area contributed by atoms with Crippen molar-refractivity contribution in [3.05, 3.63) is 28.8 Å². The summed E-state index contributed by atoms with van der Waals surface area (Å²) in [5, 5.41) is 18.2. The van der Waals surface area contributed by atoms with Crippen LogP contribution in [0.5, 0.6) is 5.75 Å². The number of methoxy groups -OCH3 is 1. The van der Waals surface area contributed by atoms with Crippen molar-refractivity contribution in [2.75, 3.05) is 7.11 Å². The van der Waals surface area contributed by atoms with Crippen molar-refractivity contribution in [1.82, 2.24) is 0 Å². The van der Waals surface area contributed by atoms with Gasteiger partial charge >= 0.3 is 11.9 Å². The fourth-order valence-electron chi connectivity index (χ4n) is 1.26. The lowest BCUT2D eigenvalue weighted by Crippen LogP contribution is -2.11. The zero-order chi connectivity index (χ0) is 11.6. The van der Waals surface area contributed by atoms with Crippen LogP contribution in [0.4, 0.5) is 0 Å². The first-order chi connectivity index (χ1) is 6.99. The third kappa shape index (κ3) is 1.90. The quantitative estimate of drug-likeness (QED) is 0.716. The number of carbonyl (C=O) groups excluding carboxylic acids is 1. The van der Waals surface area contributed by atoms with E-state index in [4.69, 9.17) is 5.11 Å². The molecule has 0 radical (unpaired) electrons. The Morgan fingerprint density at radius 1 is 1.33 bits per heavy atom. The van der Waals surface area contributed by atoms with Gasteiger partial charge in [-0.2, -0.15) is 0 Å². The van der Waals surface area contributed by atoms with E-state index in [9.17, 15) is 14.7 Å². The maximum atomic E-state index is 11.2. The lowest BCUT2D eigenvalue weighted by atomic mass is 10.0. The molecule has 5 nitrogen and oxygen atoms in total. The van der Waals surface area contributed by atoms with E-state index in [0.29, 0.717) is 0 Å². The van der Waals surface area contributed by atoms with E-state index in [1.807, 2.05) is 0 Å². The van der Waals surface area contributed by atoms with Crippen molar-refractivity contribution in [3.63, 3.8) is 0 Å². The van der Waals surface area contributed by atoms with Crippen LogP contribution in [0.25, 0.3) is 0 Å². The smallest absolute Gasteiger partial charge is 0.338 e. The number of aromatic carboxylic acids is 1. The summed E-state index contributed by atoms with van der Waals surface area (Å²) in [4.78, 5) is 22.1. The summed E-state index contributed by atoms with van der Waals surface area (Å²) < 4.78 is 4.44. The number of hydrogen-bond donors (Lipinski definition) is 2. The zero-order valence-electron chi connectivity index (χ0n) is 8.27. The van der Waals surface area contributed by atoms with Crippen LogP contribution in [-0.2, 0) is 4.74 Å². The van der Waals surface area contributed by atoms with Crippen LogP contribution in [0.3, 0.4) is 0 Å². The van der Waals surface area contributed by atoms with Gasteiger partial charge in [-0.1, -0.05) is 0 Å². The van der Waals surface area contributed by atoms with Crippen molar-refractivity contribution in [1.29, 1.82) is 0 Å². The Kier molecular flexibility index (Phi) is 2.94. The SMILES string of the molecule is COC(=O)c1ccc(O)c(C)c1C(=O)O. The zero-order valence-corrected chi connectivity index (χ0v) is 8.27. The van der Waals surface area contributed by atoms with Gasteiger partial charge in [0.1, 0.15) is 5.75 Å². The van der Waals surface area contributed by atoms with Crippen LogP contribution < -0.4 is 0 Å². The summed E-state index contributed by atoms with van der Waals surface area (Å²) in [6.07, 6.45) is 0. The molecule has 0 atom stereocenters. The molecule has 0 aliphatic heterocycles. The lowest BCUT2D eigenvalue weighted by Gasteiger charge is -2.08. The molecule has 2 N–H and O–H groups in total. The molecule has 0 aliphatic rings. The van der Waals surface area contributed by atoms with Crippen LogP contribution in [0.1, 0.15) is 26.3 Å². The summed E-state index contributed by atoms with van der Waals surface area (Å²) in [5.41, 5.74) is -0.160. The predicted molar refractivity (Wildman–Crippen MR) is 51.1 cm³/mol. The number of esters is 1. The molecule has 80 valence electrons. The second-order valence-electron chi connectivity index (χ2n) is 2.93. The number of ether oxygens (including phenoxy) is 1. The number of carboxylic acid groups (broad SMARTS) is 1. The van der Waals surface area contributed by atoms with Crippen molar-refractivity contribution < 1.29 is 24.5 Å². The third-order valence-corrected chi connectivity index (χ3v) is 2.06. The van der Waals surface area contributed by atoms with E-state index in [2.05, 4.69) is 4.74 Å². The number of hydrogen-bond acceptors (Lipinski definition) is 4. The summed E-state index contributed by atoms with van der Waals surface area (Å²) in [6.45, 7) is 1.42. The summed E-state index contributed by atoms with van der Waals surface area (Å²) >= 11 is 0. The monoisotopic (exact) mass is 210 g/mol. The minimum absolute atomic E-state index is 0.0692. The number of carbonyl (C=O) groups is 2. The predicted octanol–water partition coefficient (Wildman–Crippen LogP) is 1.19. The Hall–Kier alpha value is -2.04. The fourth-order valence-corrected chi connectivity index (χ4v) is 1.26. The van der Waals surface area contributed by atoms with E-state index in [-0.39, 0.29) is 22.4 Å². The fraction of sp³-hybridized carbons (Fsp3) is 0.200. The van der Waals surface area contributed by atoms with E-state index < -0.39 is 11.9 Å². The molecule has 0 saturated carbocycles. The largest absolute Gasteiger partial charge is 0.508 e. The maximum Gasteiger partial charge on any atom is 0.338 e. The first-order valence-corrected chi connectivity index (χ1v) is 4.13. The maximum absolute atomic E-state index is 11.2. The molecule has 0 heterocycles. The third-order valence-electron chi connectivity index (χ3n) is 2.06. The Balaban J connectivity index is 3.46. The summed E-state index contributed by atoms with van der Waals surface area (Å²) in [5.74, 6) is -2.18. The molecule has 15 heavy (non-hydrogen) atoms. The molecule has 5 heteroatoms. The number of carboxylic acids is 1. The van der Waals surface area contributed by atoms with Crippen LogP contribution in [-0.4, -0.2) is 29.3 Å². The molecule has 0 fully saturated rings. The van der Waals surface area contributed by atoms with Gasteiger partial charge in [-0.05, 0) is 19.1 Å². The summed E-state index contributed by atoms with van der Waals surface area (Å²) in [7, 11) is 1.16. The molecule has 0 unspecified atom stereocenters. The normalized spacial score (nSPS) is 9.73. The van der Waals surface area contributed by atoms with Crippen LogP contribution in [0.2, 0.25) is 0 Å². The van der Waals surface area contributed by atoms with Crippen molar-refractivity contribution in [2.24, 2.45) is 0 Å². The van der Waals surface area contributed by atoms with Crippen molar-refractivity contribution in [2.45, 2.75) is 6.92 Å². The van der Waals surface area contributed by atoms with Crippen molar-refractivity contribution >= 4 is 11.9 Å². The van der Waals surface area contributed by atoms with Gasteiger partial charge in [0.2, 0.25) is 0 Å². The molecule has 1 aromatic rings. The highest BCUT2D eigenvalue weighted by Gasteiger charge is 2.21. The van der Waals surface area contributed by atoms with Gasteiger partial charge in [-0.3, -0.25) is 0 Å². The first kappa shape index (κ1) is 11.0. The van der Waals surface area contributed by atoms with Gasteiger partial charge < -0.3 is 14.9 Å². The Morgan fingerprint density at radius 3 is 2.40 bits per heavy atom. The highest BCUT2D eigenvalue weighted by molar-refractivity contribution is 6.03. The molecule has 0 aromatic heterocycles. The molecule has 0 bridgehead atoms. The minimum Gasteiger partial charge on any atom is -0.508 e. The van der Waals surface area contributed by atoms with E-state index in [1.165, 1.54) is 19.1 Å². The highest BCUT2D eigenvalue weighted by atomic mass is 16.5. The Bertz CT molecular complexity index is 422. The van der Waals surface area contributed by atoms with Gasteiger partial charge in [0.25, 0.3) is 0 Å². The van der Waals surface area contributed by atoms with Crippen LogP contribution in [0.15, 0.2) is 12.1 Å². The number of rotatable bonds is 2. The molecule has 0 spiro atoms. The first-order valence-electron chi connectivity index (χ1n) is 4.13. The average molecular weight is 210 g/mol. The highest BCUT2D eigenvalue weighted by Crippen LogP contribution is 2.24. The van der Waals surface area contributed by atoms with E-state index in [1.54, 1.807) is 0 Å². The lowest BCUT2D eigenvalue weighted by molar-refractivity contribution is 0.0582. The van der Waals surface area contributed by atoms with Crippen molar-refractivity contribution in [3.8, 4) is 5.75 Å². The molecule has 0 aliphatic carbocycles. The molecular weight excluding hydrogens is 200 g/mol. The van der Waals surface area contributed by atoms with Gasteiger partial charge in [0, 0.05) is 5.56 Å². The number of benzene rings is 1. The Morgan fingerprint density at radius 2 is 1.93 bits per heavy atom. The van der Waals surface area contributed by atoms with E-state index in [0.717, 1.165) is 7.11 Å². The minimum atomic E-state index is -1.27. The van der Waals surface area contributed by atoms with Gasteiger partial charge in [0.15, 0.2) is 0 Å². The topological polar surface area (TPSA) is 83.8 Å². The second kappa shape index (κ2) is 4.00. The van der Waals surface area contributed by atoms with E-state index >= 15 is 0 Å². The molecule has 0 amide bonds. The van der Waals surface area contributed by atoms with Gasteiger partial charge in [-0.25, -0.2) is 9.59 Å². The second-order valence-corrected chi connectivity index (χ2v) is 2.93. The number of phenolic OH excluding ortho intramolecular Hbond substituents is 1. The standard InChI is InChI=1S/C10H10O5/c1-5-7(11)4-3-6(10(14)15-2)8(5)9(12)13/h3-4,11H,1-2H3,(H,12,13). The molecule has 1 rings (SSSR count). The average Bonchev–Trinajstić information content (AvgIpc) is 2.20. The van der Waals surface area contributed by atoms with Gasteiger partial charge in [-0.15, -0.1) is 0 Å². The molecule has 0 saturated heterocycles. The molecule has 1 aromatic carbocycles. The van der Waals surface area contributed by atoms with Crippen LogP contribution in [0, 0.1) is 6.92 Å². The van der Waals surface area contributed by atoms with Crippen LogP contribution >= 0.6 is 0 Å². The Labute approximate surface area is 85.9 Å². The number of aromatic hydroxyl groups is 1. The summed E-state index contributed by atoms with van der Waals surface area (Å²) in [6, 6.07) is 2.48. The van der Waals surface area contributed by atoms with Gasteiger partial charge in [0.05, 0.1) is 18.2 Å². The number of phenols is 1.